The molecule has 4 atom stereocenters. The molecule has 0 bridgehead atoms. The molecule has 0 aliphatic carbocycles. The molecule has 0 radical (unpaired) electrons. The van der Waals surface area contributed by atoms with Gasteiger partial charge in [0.15, 0.2) is 0 Å². The van der Waals surface area contributed by atoms with E-state index in [0.717, 1.165) is 42.0 Å². The molecule has 1 heterocycles. The van der Waals surface area contributed by atoms with Gasteiger partial charge in [-0.15, -0.1) is 0 Å². The van der Waals surface area contributed by atoms with Crippen LogP contribution in [0, 0.1) is 5.41 Å². The summed E-state index contributed by atoms with van der Waals surface area (Å²) in [5.74, 6) is 6.24. The molecule has 0 saturated carbocycles. The van der Waals surface area contributed by atoms with Crippen molar-refractivity contribution < 1.29 is 9.84 Å². The van der Waals surface area contributed by atoms with E-state index in [2.05, 4.69) is 82.9 Å². The van der Waals surface area contributed by atoms with Crippen LogP contribution in [-0.4, -0.2) is 44.0 Å². The van der Waals surface area contributed by atoms with Crippen LogP contribution in [0.5, 0.6) is 5.75 Å². The van der Waals surface area contributed by atoms with Gasteiger partial charge in [0, 0.05) is 41.8 Å². The first kappa shape index (κ1) is 27.5. The van der Waals surface area contributed by atoms with E-state index in [1.54, 1.807) is 7.11 Å². The second kappa shape index (κ2) is 12.6. The largest absolute Gasteiger partial charge is 0.497 e. The molecule has 0 fully saturated rings. The predicted octanol–water partition coefficient (Wildman–Crippen LogP) is 7.33. The Morgan fingerprint density at radius 1 is 1.06 bits per heavy atom. The van der Waals surface area contributed by atoms with Gasteiger partial charge in [-0.3, -0.25) is 0 Å². The van der Waals surface area contributed by atoms with Gasteiger partial charge in [0.05, 0.1) is 13.2 Å². The van der Waals surface area contributed by atoms with Gasteiger partial charge in [-0.1, -0.05) is 71.4 Å². The minimum atomic E-state index is -0.460. The maximum absolute atomic E-state index is 11.8. The summed E-state index contributed by atoms with van der Waals surface area (Å²) in [5, 5.41) is 11.8. The summed E-state index contributed by atoms with van der Waals surface area (Å²) in [5.41, 5.74) is 3.34. The third-order valence-corrected chi connectivity index (χ3v) is 8.77. The lowest BCUT2D eigenvalue weighted by molar-refractivity contribution is 0.0336. The van der Waals surface area contributed by atoms with E-state index in [0.29, 0.717) is 0 Å². The molecular formula is C29H45NO2S. The number of hydrogen-bond acceptors (Lipinski definition) is 3. The molecule has 1 aliphatic rings. The van der Waals surface area contributed by atoms with Crippen molar-refractivity contribution >= 4 is 22.0 Å². The second-order valence-electron chi connectivity index (χ2n) is 9.71. The van der Waals surface area contributed by atoms with Crippen molar-refractivity contribution in [2.45, 2.75) is 76.7 Å². The molecule has 184 valence electrons. The fourth-order valence-electron chi connectivity index (χ4n) is 4.43. The van der Waals surface area contributed by atoms with Gasteiger partial charge >= 0.3 is 0 Å². The van der Waals surface area contributed by atoms with Crippen LogP contribution in [0.25, 0.3) is 0 Å². The molecule has 33 heavy (non-hydrogen) atoms. The van der Waals surface area contributed by atoms with Crippen LogP contribution in [0.3, 0.4) is 0 Å². The van der Waals surface area contributed by atoms with Crippen LogP contribution >= 0.6 is 10.5 Å². The molecule has 0 amide bonds. The number of fused-ring (bicyclic) bond motifs is 1. The number of aliphatic hydroxyl groups excluding tert-OH is 1. The standard InChI is InChI=1S/C25H35NO2S.C4H10/c1-7-8-15-25(2)17-29(6)22-14-11-19(26(3)4)16-21(22)23(24(25)27)18-9-12-20(28-5)13-10-18;1-3-4-2/h9-14,16,23-24,27H,6-8,15,17H2,1-5H3;3-4H2,1-2H3. The first-order valence-electron chi connectivity index (χ1n) is 12.4. The number of benzene rings is 2. The Labute approximate surface area is 205 Å². The summed E-state index contributed by atoms with van der Waals surface area (Å²) in [6.07, 6.45) is 5.46. The van der Waals surface area contributed by atoms with Crippen LogP contribution in [0.15, 0.2) is 47.4 Å². The zero-order valence-electron chi connectivity index (χ0n) is 21.9. The smallest absolute Gasteiger partial charge is 0.118 e. The monoisotopic (exact) mass is 471 g/mol. The second-order valence-corrected chi connectivity index (χ2v) is 11.4. The van der Waals surface area contributed by atoms with Gasteiger partial charge in [-0.05, 0) is 47.9 Å². The van der Waals surface area contributed by atoms with E-state index >= 15 is 0 Å². The zero-order chi connectivity index (χ0) is 24.6. The summed E-state index contributed by atoms with van der Waals surface area (Å²) < 4.78 is 5.36. The molecule has 2 aromatic rings. The van der Waals surface area contributed by atoms with Crippen LogP contribution in [0.2, 0.25) is 0 Å². The van der Waals surface area contributed by atoms with Crippen molar-refractivity contribution in [2.24, 2.45) is 5.41 Å². The lowest BCUT2D eigenvalue weighted by Gasteiger charge is -2.37. The van der Waals surface area contributed by atoms with Crippen LogP contribution in [-0.2, 0) is 0 Å². The van der Waals surface area contributed by atoms with Crippen molar-refractivity contribution in [1.29, 1.82) is 0 Å². The van der Waals surface area contributed by atoms with E-state index in [1.807, 2.05) is 12.1 Å². The highest BCUT2D eigenvalue weighted by Crippen LogP contribution is 2.51. The first-order chi connectivity index (χ1) is 15.7. The van der Waals surface area contributed by atoms with Crippen molar-refractivity contribution in [3.8, 4) is 5.75 Å². The third-order valence-electron chi connectivity index (χ3n) is 6.77. The van der Waals surface area contributed by atoms with Gasteiger partial charge in [-0.2, -0.15) is 10.5 Å². The van der Waals surface area contributed by atoms with E-state index < -0.39 is 6.10 Å². The Balaban J connectivity index is 0.000000890. The molecule has 4 unspecified atom stereocenters. The highest BCUT2D eigenvalue weighted by molar-refractivity contribution is 8.14. The quantitative estimate of drug-likeness (QED) is 0.429. The number of ether oxygens (including phenoxy) is 1. The first-order valence-corrected chi connectivity index (χ1v) is 13.9. The van der Waals surface area contributed by atoms with E-state index in [-0.39, 0.29) is 21.8 Å². The summed E-state index contributed by atoms with van der Waals surface area (Å²) in [7, 11) is 5.66. The minimum Gasteiger partial charge on any atom is -0.497 e. The maximum atomic E-state index is 11.8. The van der Waals surface area contributed by atoms with E-state index in [1.165, 1.54) is 23.3 Å². The molecule has 0 aromatic heterocycles. The van der Waals surface area contributed by atoms with Crippen molar-refractivity contribution in [1.82, 2.24) is 0 Å². The van der Waals surface area contributed by atoms with E-state index in [9.17, 15) is 5.11 Å². The molecule has 2 aromatic carbocycles. The van der Waals surface area contributed by atoms with Crippen LogP contribution < -0.4 is 9.64 Å². The Morgan fingerprint density at radius 3 is 2.21 bits per heavy atom. The topological polar surface area (TPSA) is 32.7 Å². The summed E-state index contributed by atoms with van der Waals surface area (Å²) in [6.45, 7) is 8.84. The highest BCUT2D eigenvalue weighted by atomic mass is 32.2. The van der Waals surface area contributed by atoms with Gasteiger partial charge in [0.25, 0.3) is 0 Å². The predicted molar refractivity (Wildman–Crippen MR) is 148 cm³/mol. The number of unbranched alkanes of at least 4 members (excludes halogenated alkanes) is 2. The Morgan fingerprint density at radius 2 is 1.70 bits per heavy atom. The number of anilines is 1. The SMILES string of the molecule is C=S1CC(C)(CCCC)C(O)C(c2ccc(OC)cc2)c2cc(N(C)C)ccc21.CCCC. The molecule has 1 N–H and O–H groups in total. The van der Waals surface area contributed by atoms with Crippen LogP contribution in [0.1, 0.15) is 76.8 Å². The molecule has 1 aliphatic heterocycles. The molecule has 3 nitrogen and oxygen atoms in total. The van der Waals surface area contributed by atoms with Gasteiger partial charge < -0.3 is 14.7 Å². The molecule has 0 saturated heterocycles. The van der Waals surface area contributed by atoms with Crippen molar-refractivity contribution in [3.63, 3.8) is 0 Å². The highest BCUT2D eigenvalue weighted by Gasteiger charge is 2.43. The Hall–Kier alpha value is -1.78. The molecular weight excluding hydrogens is 426 g/mol. The Kier molecular flexibility index (Phi) is 10.5. The lowest BCUT2D eigenvalue weighted by atomic mass is 9.71. The summed E-state index contributed by atoms with van der Waals surface area (Å²) >= 11 is 0. The zero-order valence-corrected chi connectivity index (χ0v) is 22.7. The molecule has 3 rings (SSSR count). The third kappa shape index (κ3) is 6.64. The Bertz CT molecular complexity index is 891. The maximum Gasteiger partial charge on any atom is 0.118 e. The van der Waals surface area contributed by atoms with Gasteiger partial charge in [-0.25, -0.2) is 0 Å². The average Bonchev–Trinajstić information content (AvgIpc) is 2.90. The fraction of sp³-hybridized carbons (Fsp3) is 0.552. The number of hydrogen-bond donors (Lipinski definition) is 1. The van der Waals surface area contributed by atoms with Crippen molar-refractivity contribution in [3.05, 3.63) is 53.6 Å². The minimum absolute atomic E-state index is 0.0723. The molecule has 4 heteroatoms. The number of aliphatic hydroxyl groups is 1. The molecule has 0 spiro atoms. The summed E-state index contributed by atoms with van der Waals surface area (Å²) in [4.78, 5) is 3.41. The number of rotatable bonds is 7. The van der Waals surface area contributed by atoms with Gasteiger partial charge in [0.1, 0.15) is 5.75 Å². The van der Waals surface area contributed by atoms with Crippen molar-refractivity contribution in [2.75, 3.05) is 31.9 Å². The fourth-order valence-corrected chi connectivity index (χ4v) is 6.47. The van der Waals surface area contributed by atoms with Gasteiger partial charge in [0.2, 0.25) is 0 Å². The van der Waals surface area contributed by atoms with Crippen LogP contribution in [0.4, 0.5) is 5.69 Å². The normalized spacial score (nSPS) is 24.2. The average molecular weight is 472 g/mol. The number of methoxy groups -OCH3 is 1. The summed E-state index contributed by atoms with van der Waals surface area (Å²) in [6, 6.07) is 14.9. The number of nitrogens with zero attached hydrogens (tertiary/aromatic N) is 1. The van der Waals surface area contributed by atoms with E-state index in [4.69, 9.17) is 4.74 Å². The lowest BCUT2D eigenvalue weighted by Crippen LogP contribution is -2.38.